The lowest BCUT2D eigenvalue weighted by atomic mass is 9.95. The van der Waals surface area contributed by atoms with Gasteiger partial charge in [0.05, 0.1) is 18.6 Å². The molecule has 0 saturated heterocycles. The largest absolute Gasteiger partial charge is 0.381 e. The minimum atomic E-state index is -1.55. The zero-order valence-corrected chi connectivity index (χ0v) is 10.4. The molecule has 1 N–H and O–H groups in total. The molecule has 1 amide bonds. The van der Waals surface area contributed by atoms with Gasteiger partial charge in [-0.25, -0.2) is 4.39 Å². The van der Waals surface area contributed by atoms with Crippen molar-refractivity contribution >= 4 is 17.5 Å². The third-order valence-electron chi connectivity index (χ3n) is 2.01. The van der Waals surface area contributed by atoms with Crippen LogP contribution in [0.15, 0.2) is 0 Å². The highest BCUT2D eigenvalue weighted by Crippen LogP contribution is 2.17. The Balaban J connectivity index is 4.11. The molecule has 0 aromatic heterocycles. The lowest BCUT2D eigenvalue weighted by molar-refractivity contribution is -0.129. The maximum atomic E-state index is 13.6. The summed E-state index contributed by atoms with van der Waals surface area (Å²) < 4.78 is 18.3. The molecule has 0 aromatic carbocycles. The van der Waals surface area contributed by atoms with Crippen LogP contribution in [0.5, 0.6) is 0 Å². The highest BCUT2D eigenvalue weighted by atomic mass is 35.5. The summed E-state index contributed by atoms with van der Waals surface area (Å²) >= 11 is 5.62. The normalized spacial score (nSPS) is 15.9. The second-order valence-corrected chi connectivity index (χ2v) is 4.81. The molecule has 1 atom stereocenters. The third kappa shape index (κ3) is 5.33. The van der Waals surface area contributed by atoms with Crippen LogP contribution in [-0.4, -0.2) is 37.7 Å². The van der Waals surface area contributed by atoms with E-state index in [2.05, 4.69) is 5.32 Å². The molecule has 90 valence electrons. The Morgan fingerprint density at radius 3 is 2.40 bits per heavy atom. The van der Waals surface area contributed by atoms with Gasteiger partial charge in [0.25, 0.3) is 0 Å². The molecule has 0 aliphatic heterocycles. The van der Waals surface area contributed by atoms with E-state index in [4.69, 9.17) is 16.3 Å². The Morgan fingerprint density at radius 2 is 2.00 bits per heavy atom. The Morgan fingerprint density at radius 1 is 1.47 bits per heavy atom. The first-order valence-corrected chi connectivity index (χ1v) is 5.31. The topological polar surface area (TPSA) is 38.3 Å². The van der Waals surface area contributed by atoms with Gasteiger partial charge in [-0.2, -0.15) is 0 Å². The molecule has 1 unspecified atom stereocenters. The van der Waals surface area contributed by atoms with Crippen LogP contribution in [0.4, 0.5) is 4.39 Å². The van der Waals surface area contributed by atoms with Crippen LogP contribution in [0.2, 0.25) is 0 Å². The minimum Gasteiger partial charge on any atom is -0.381 e. The van der Waals surface area contributed by atoms with Gasteiger partial charge >= 0.3 is 0 Å². The van der Waals surface area contributed by atoms with E-state index in [9.17, 15) is 9.18 Å². The molecule has 0 aromatic rings. The molecule has 0 aliphatic carbocycles. The smallest absolute Gasteiger partial charge is 0.226 e. The molecule has 0 rings (SSSR count). The molecular formula is C10H19ClFNO2. The Kier molecular flexibility index (Phi) is 5.53. The second kappa shape index (κ2) is 5.66. The summed E-state index contributed by atoms with van der Waals surface area (Å²) in [4.78, 5) is 11.5. The Hall–Kier alpha value is -0.350. The van der Waals surface area contributed by atoms with Crippen LogP contribution in [-0.2, 0) is 9.53 Å². The van der Waals surface area contributed by atoms with Gasteiger partial charge in [0.2, 0.25) is 5.91 Å². The SMILES string of the molecule is COCC(C)(F)CNC(=O)C(C)(C)CCl. The number of hydrogen-bond acceptors (Lipinski definition) is 2. The molecule has 0 fully saturated rings. The van der Waals surface area contributed by atoms with E-state index in [1.54, 1.807) is 13.8 Å². The summed E-state index contributed by atoms with van der Waals surface area (Å²) in [7, 11) is 1.42. The zero-order valence-electron chi connectivity index (χ0n) is 9.69. The summed E-state index contributed by atoms with van der Waals surface area (Å²) in [5.74, 6) is -0.0518. The number of carbonyl (C=O) groups is 1. The fraction of sp³-hybridized carbons (Fsp3) is 0.900. The van der Waals surface area contributed by atoms with E-state index in [0.29, 0.717) is 0 Å². The predicted molar refractivity (Wildman–Crippen MR) is 58.9 cm³/mol. The number of methoxy groups -OCH3 is 1. The van der Waals surface area contributed by atoms with E-state index in [1.807, 2.05) is 0 Å². The molecule has 5 heteroatoms. The molecule has 0 bridgehead atoms. The third-order valence-corrected chi connectivity index (χ3v) is 2.68. The standard InChI is InChI=1S/C10H19ClFNO2/c1-9(2,5-11)8(14)13-6-10(3,12)7-15-4/h5-7H2,1-4H3,(H,13,14). The van der Waals surface area contributed by atoms with Gasteiger partial charge in [0.1, 0.15) is 5.67 Å². The molecule has 0 spiro atoms. The molecular weight excluding hydrogens is 221 g/mol. The number of carbonyl (C=O) groups excluding carboxylic acids is 1. The molecule has 0 radical (unpaired) electrons. The van der Waals surface area contributed by atoms with Gasteiger partial charge < -0.3 is 10.1 Å². The Labute approximate surface area is 95.3 Å². The average molecular weight is 240 g/mol. The van der Waals surface area contributed by atoms with Crippen LogP contribution in [0, 0.1) is 5.41 Å². The number of hydrogen-bond donors (Lipinski definition) is 1. The van der Waals surface area contributed by atoms with Crippen LogP contribution < -0.4 is 5.32 Å². The number of ether oxygens (including phenoxy) is 1. The van der Waals surface area contributed by atoms with Crippen molar-refractivity contribution in [2.75, 3.05) is 26.1 Å². The number of amides is 1. The van der Waals surface area contributed by atoms with Crippen LogP contribution in [0.3, 0.4) is 0 Å². The maximum absolute atomic E-state index is 13.6. The number of nitrogens with one attached hydrogen (secondary N) is 1. The van der Waals surface area contributed by atoms with Crippen molar-refractivity contribution in [1.29, 1.82) is 0 Å². The van der Waals surface area contributed by atoms with Crippen LogP contribution in [0.1, 0.15) is 20.8 Å². The maximum Gasteiger partial charge on any atom is 0.226 e. The first-order chi connectivity index (χ1) is 6.75. The highest BCUT2D eigenvalue weighted by Gasteiger charge is 2.30. The monoisotopic (exact) mass is 239 g/mol. The van der Waals surface area contributed by atoms with E-state index in [1.165, 1.54) is 14.0 Å². The van der Waals surface area contributed by atoms with E-state index >= 15 is 0 Å². The molecule has 0 aliphatic rings. The van der Waals surface area contributed by atoms with Crippen molar-refractivity contribution in [2.24, 2.45) is 5.41 Å². The Bertz CT molecular complexity index is 219. The number of halogens is 2. The molecule has 0 heterocycles. The lowest BCUT2D eigenvalue weighted by Gasteiger charge is -2.24. The zero-order chi connectivity index (χ0) is 12.1. The highest BCUT2D eigenvalue weighted by molar-refractivity contribution is 6.19. The fourth-order valence-electron chi connectivity index (χ4n) is 0.917. The van der Waals surface area contributed by atoms with Crippen molar-refractivity contribution in [3.05, 3.63) is 0 Å². The summed E-state index contributed by atoms with van der Waals surface area (Å²) in [6, 6.07) is 0. The van der Waals surface area contributed by atoms with Crippen LogP contribution >= 0.6 is 11.6 Å². The van der Waals surface area contributed by atoms with E-state index < -0.39 is 11.1 Å². The fourth-order valence-corrected chi connectivity index (χ4v) is 1.04. The van der Waals surface area contributed by atoms with Crippen LogP contribution in [0.25, 0.3) is 0 Å². The van der Waals surface area contributed by atoms with Gasteiger partial charge in [-0.1, -0.05) is 0 Å². The van der Waals surface area contributed by atoms with Gasteiger partial charge in [-0.05, 0) is 20.8 Å². The van der Waals surface area contributed by atoms with Crippen molar-refractivity contribution in [3.8, 4) is 0 Å². The van der Waals surface area contributed by atoms with Gasteiger partial charge in [-0.15, -0.1) is 11.6 Å². The van der Waals surface area contributed by atoms with Crippen molar-refractivity contribution in [3.63, 3.8) is 0 Å². The second-order valence-electron chi connectivity index (χ2n) is 4.55. The van der Waals surface area contributed by atoms with E-state index in [-0.39, 0.29) is 24.9 Å². The molecule has 0 saturated carbocycles. The number of rotatable bonds is 6. The molecule has 3 nitrogen and oxygen atoms in total. The van der Waals surface area contributed by atoms with Gasteiger partial charge in [0.15, 0.2) is 0 Å². The number of alkyl halides is 2. The quantitative estimate of drug-likeness (QED) is 0.717. The van der Waals surface area contributed by atoms with Gasteiger partial charge in [-0.3, -0.25) is 4.79 Å². The average Bonchev–Trinajstić information content (AvgIpc) is 2.14. The van der Waals surface area contributed by atoms with Crippen molar-refractivity contribution < 1.29 is 13.9 Å². The minimum absolute atomic E-state index is 0.0470. The van der Waals surface area contributed by atoms with Gasteiger partial charge in [0, 0.05) is 13.0 Å². The summed E-state index contributed by atoms with van der Waals surface area (Å²) in [6.45, 7) is 4.68. The summed E-state index contributed by atoms with van der Waals surface area (Å²) in [6.07, 6.45) is 0. The first kappa shape index (κ1) is 14.6. The van der Waals surface area contributed by atoms with E-state index in [0.717, 1.165) is 0 Å². The summed E-state index contributed by atoms with van der Waals surface area (Å²) in [5.41, 5.74) is -2.22. The molecule has 15 heavy (non-hydrogen) atoms. The lowest BCUT2D eigenvalue weighted by Crippen LogP contribution is -2.45. The predicted octanol–water partition coefficient (Wildman–Crippen LogP) is 1.74. The van der Waals surface area contributed by atoms with Crippen molar-refractivity contribution in [1.82, 2.24) is 5.32 Å². The summed E-state index contributed by atoms with van der Waals surface area (Å²) in [5, 5.41) is 2.52. The van der Waals surface area contributed by atoms with Crippen molar-refractivity contribution in [2.45, 2.75) is 26.4 Å². The first-order valence-electron chi connectivity index (χ1n) is 4.77.